The number of aromatic nitrogens is 1. The third-order valence-electron chi connectivity index (χ3n) is 6.17. The number of carbonyl (C=O) groups is 2. The van der Waals surface area contributed by atoms with Crippen molar-refractivity contribution in [1.29, 1.82) is 0 Å². The molecule has 2 N–H and O–H groups in total. The monoisotopic (exact) mass is 518 g/mol. The molecule has 1 heterocycles. The van der Waals surface area contributed by atoms with Gasteiger partial charge in [-0.2, -0.15) is 0 Å². The molecule has 0 aliphatic rings. The first kappa shape index (κ1) is 26.3. The van der Waals surface area contributed by atoms with Gasteiger partial charge >= 0.3 is 6.03 Å². The van der Waals surface area contributed by atoms with Crippen molar-refractivity contribution in [2.45, 2.75) is 13.0 Å². The second kappa shape index (κ2) is 12.9. The summed E-state index contributed by atoms with van der Waals surface area (Å²) in [6.07, 6.45) is 2.69. The number of rotatable bonds is 11. The summed E-state index contributed by atoms with van der Waals surface area (Å²) in [5.74, 6) is -0.133. The van der Waals surface area contributed by atoms with Gasteiger partial charge in [-0.15, -0.1) is 0 Å². The van der Waals surface area contributed by atoms with E-state index in [2.05, 4.69) is 16.4 Å². The molecule has 8 heteroatoms. The fourth-order valence-electron chi connectivity index (χ4n) is 4.14. The zero-order valence-electron chi connectivity index (χ0n) is 20.8. The number of ether oxygens (including phenoxy) is 1. The molecule has 0 atom stereocenters. The molecule has 192 valence electrons. The lowest BCUT2D eigenvalue weighted by atomic mass is 10.1. The smallest absolute Gasteiger partial charge is 0.322 e. The zero-order valence-corrected chi connectivity index (χ0v) is 21.6. The van der Waals surface area contributed by atoms with Gasteiger partial charge in [0.25, 0.3) is 0 Å². The minimum absolute atomic E-state index is 0.0660. The summed E-state index contributed by atoms with van der Waals surface area (Å²) in [7, 11) is 1.57. The van der Waals surface area contributed by atoms with Gasteiger partial charge in [-0.25, -0.2) is 4.79 Å². The van der Waals surface area contributed by atoms with E-state index in [1.807, 2.05) is 59.6 Å². The predicted molar refractivity (Wildman–Crippen MR) is 148 cm³/mol. The summed E-state index contributed by atoms with van der Waals surface area (Å²) in [6, 6.07) is 24.5. The molecule has 0 saturated heterocycles. The van der Waals surface area contributed by atoms with Crippen LogP contribution in [0.4, 0.5) is 10.5 Å². The molecule has 0 bridgehead atoms. The van der Waals surface area contributed by atoms with Gasteiger partial charge in [0, 0.05) is 54.6 Å². The fraction of sp³-hybridized carbons (Fsp3) is 0.241. The van der Waals surface area contributed by atoms with Gasteiger partial charge < -0.3 is 24.8 Å². The van der Waals surface area contributed by atoms with Crippen LogP contribution in [0.15, 0.2) is 85.1 Å². The summed E-state index contributed by atoms with van der Waals surface area (Å²) in [5.41, 5.74) is 3.86. The van der Waals surface area contributed by atoms with Crippen molar-refractivity contribution in [3.63, 3.8) is 0 Å². The topological polar surface area (TPSA) is 77.7 Å². The molecule has 1 aromatic heterocycles. The van der Waals surface area contributed by atoms with E-state index < -0.39 is 0 Å². The SMILES string of the molecule is COCCN(CC(=O)N(CCc1c[nH]c2ccccc12)Cc1ccccc1)C(=O)Nc1ccc(Cl)cc1. The number of carbonyl (C=O) groups excluding carboxylic acids is 2. The molecule has 0 fully saturated rings. The molecule has 0 unspecified atom stereocenters. The Balaban J connectivity index is 1.48. The highest BCUT2D eigenvalue weighted by Crippen LogP contribution is 2.19. The van der Waals surface area contributed by atoms with E-state index >= 15 is 0 Å². The number of urea groups is 1. The number of hydrogen-bond acceptors (Lipinski definition) is 3. The van der Waals surface area contributed by atoms with Gasteiger partial charge in [0.2, 0.25) is 5.91 Å². The van der Waals surface area contributed by atoms with Gasteiger partial charge in [0.05, 0.1) is 6.61 Å². The van der Waals surface area contributed by atoms with Crippen molar-refractivity contribution < 1.29 is 14.3 Å². The number of benzene rings is 3. The number of anilines is 1. The van der Waals surface area contributed by atoms with Crippen LogP contribution in [-0.2, 0) is 22.5 Å². The summed E-state index contributed by atoms with van der Waals surface area (Å²) in [4.78, 5) is 33.2. The van der Waals surface area contributed by atoms with Gasteiger partial charge in [-0.05, 0) is 47.9 Å². The van der Waals surface area contributed by atoms with E-state index in [9.17, 15) is 9.59 Å². The van der Waals surface area contributed by atoms with Crippen LogP contribution >= 0.6 is 11.6 Å². The zero-order chi connectivity index (χ0) is 26.0. The van der Waals surface area contributed by atoms with Gasteiger partial charge in [0.15, 0.2) is 0 Å². The maximum absolute atomic E-state index is 13.6. The van der Waals surface area contributed by atoms with Crippen LogP contribution in [0, 0.1) is 0 Å². The number of nitrogens with zero attached hydrogens (tertiary/aromatic N) is 2. The molecule has 3 aromatic carbocycles. The standard InChI is InChI=1S/C29H31ClN4O3/c1-37-18-17-34(29(36)32-25-13-11-24(30)12-14-25)21-28(35)33(20-22-7-3-2-4-8-22)16-15-23-19-31-27-10-6-5-9-26(23)27/h2-14,19,31H,15-18,20-21H2,1H3,(H,32,36). The Hall–Kier alpha value is -3.81. The Morgan fingerprint density at radius 3 is 2.41 bits per heavy atom. The van der Waals surface area contributed by atoms with Crippen molar-refractivity contribution in [3.05, 3.63) is 101 Å². The van der Waals surface area contributed by atoms with Crippen LogP contribution in [0.3, 0.4) is 0 Å². The molecule has 4 aromatic rings. The molecule has 7 nitrogen and oxygen atoms in total. The second-order valence-corrected chi connectivity index (χ2v) is 9.20. The highest BCUT2D eigenvalue weighted by atomic mass is 35.5. The Morgan fingerprint density at radius 1 is 0.919 bits per heavy atom. The lowest BCUT2D eigenvalue weighted by Crippen LogP contribution is -2.46. The number of para-hydroxylation sites is 1. The van der Waals surface area contributed by atoms with E-state index in [0.29, 0.717) is 36.8 Å². The van der Waals surface area contributed by atoms with Crippen molar-refractivity contribution in [3.8, 4) is 0 Å². The molecule has 3 amide bonds. The maximum Gasteiger partial charge on any atom is 0.322 e. The van der Waals surface area contributed by atoms with E-state index in [0.717, 1.165) is 22.0 Å². The number of halogens is 1. The molecular formula is C29H31ClN4O3. The van der Waals surface area contributed by atoms with Crippen molar-refractivity contribution in [2.75, 3.05) is 38.7 Å². The van der Waals surface area contributed by atoms with Crippen LogP contribution in [-0.4, -0.2) is 60.1 Å². The molecule has 0 aliphatic carbocycles. The second-order valence-electron chi connectivity index (χ2n) is 8.76. The number of aromatic amines is 1. The minimum atomic E-state index is -0.371. The van der Waals surface area contributed by atoms with Gasteiger partial charge in [0.1, 0.15) is 6.54 Å². The molecule has 0 saturated carbocycles. The lowest BCUT2D eigenvalue weighted by molar-refractivity contribution is -0.132. The Bertz CT molecular complexity index is 1310. The fourth-order valence-corrected chi connectivity index (χ4v) is 4.27. The van der Waals surface area contributed by atoms with E-state index in [1.54, 1.807) is 31.4 Å². The number of nitrogens with one attached hydrogen (secondary N) is 2. The first-order chi connectivity index (χ1) is 18.0. The minimum Gasteiger partial charge on any atom is -0.383 e. The average molecular weight is 519 g/mol. The highest BCUT2D eigenvalue weighted by Gasteiger charge is 2.22. The largest absolute Gasteiger partial charge is 0.383 e. The first-order valence-electron chi connectivity index (χ1n) is 12.2. The third kappa shape index (κ3) is 7.35. The average Bonchev–Trinajstić information content (AvgIpc) is 3.33. The van der Waals surface area contributed by atoms with Crippen molar-refractivity contribution in [1.82, 2.24) is 14.8 Å². The molecule has 37 heavy (non-hydrogen) atoms. The number of H-pyrrole nitrogens is 1. The molecule has 4 rings (SSSR count). The first-order valence-corrected chi connectivity index (χ1v) is 12.6. The van der Waals surface area contributed by atoms with Crippen LogP contribution in [0.5, 0.6) is 0 Å². The maximum atomic E-state index is 13.6. The van der Waals surface area contributed by atoms with Gasteiger partial charge in [-0.3, -0.25) is 4.79 Å². The normalized spacial score (nSPS) is 10.9. The summed E-state index contributed by atoms with van der Waals surface area (Å²) < 4.78 is 5.20. The number of amides is 3. The Kier molecular flexibility index (Phi) is 9.18. The Morgan fingerprint density at radius 2 is 1.65 bits per heavy atom. The number of fused-ring (bicyclic) bond motifs is 1. The van der Waals surface area contributed by atoms with Crippen molar-refractivity contribution >= 4 is 40.1 Å². The molecule has 0 aliphatic heterocycles. The summed E-state index contributed by atoms with van der Waals surface area (Å²) in [5, 5.41) is 4.58. The Labute approximate surface area is 222 Å². The summed E-state index contributed by atoms with van der Waals surface area (Å²) >= 11 is 5.96. The van der Waals surface area contributed by atoms with Crippen LogP contribution < -0.4 is 5.32 Å². The summed E-state index contributed by atoms with van der Waals surface area (Å²) in [6.45, 7) is 1.51. The van der Waals surface area contributed by atoms with E-state index in [-0.39, 0.29) is 25.0 Å². The highest BCUT2D eigenvalue weighted by molar-refractivity contribution is 6.30. The molecule has 0 spiro atoms. The number of hydrogen-bond donors (Lipinski definition) is 2. The van der Waals surface area contributed by atoms with Crippen LogP contribution in [0.1, 0.15) is 11.1 Å². The van der Waals surface area contributed by atoms with E-state index in [4.69, 9.17) is 16.3 Å². The molecular weight excluding hydrogens is 488 g/mol. The van der Waals surface area contributed by atoms with E-state index in [1.165, 1.54) is 4.90 Å². The lowest BCUT2D eigenvalue weighted by Gasteiger charge is -2.28. The predicted octanol–water partition coefficient (Wildman–Crippen LogP) is 5.57. The van der Waals surface area contributed by atoms with Crippen LogP contribution in [0.25, 0.3) is 10.9 Å². The van der Waals surface area contributed by atoms with Gasteiger partial charge in [-0.1, -0.05) is 60.1 Å². The quantitative estimate of drug-likeness (QED) is 0.272. The van der Waals surface area contributed by atoms with Crippen LogP contribution in [0.2, 0.25) is 5.02 Å². The third-order valence-corrected chi connectivity index (χ3v) is 6.42. The number of methoxy groups -OCH3 is 1. The molecule has 0 radical (unpaired) electrons. The van der Waals surface area contributed by atoms with Crippen molar-refractivity contribution in [2.24, 2.45) is 0 Å².